The van der Waals surface area contributed by atoms with Crippen molar-refractivity contribution in [1.29, 1.82) is 0 Å². The van der Waals surface area contributed by atoms with Crippen LogP contribution < -0.4 is 9.47 Å². The van der Waals surface area contributed by atoms with E-state index < -0.39 is 12.3 Å². The van der Waals surface area contributed by atoms with Crippen molar-refractivity contribution in [3.63, 3.8) is 0 Å². The van der Waals surface area contributed by atoms with Gasteiger partial charge >= 0.3 is 12.3 Å². The first-order chi connectivity index (χ1) is 16.7. The number of aryl methyl sites for hydroxylation is 1. The average molecular weight is 492 g/mol. The number of halogens is 3. The normalized spacial score (nSPS) is 11.6. The molecule has 0 saturated carbocycles. The Morgan fingerprint density at radius 3 is 2.60 bits per heavy atom. The van der Waals surface area contributed by atoms with Crippen LogP contribution in [0.3, 0.4) is 0 Å². The molecule has 3 rings (SSSR count). The fourth-order valence-electron chi connectivity index (χ4n) is 3.05. The van der Waals surface area contributed by atoms with Gasteiger partial charge in [-0.3, -0.25) is 4.79 Å². The molecular weight excluding hydrogens is 469 g/mol. The fourth-order valence-corrected chi connectivity index (χ4v) is 3.05. The summed E-state index contributed by atoms with van der Waals surface area (Å²) in [5, 5.41) is 17.0. The monoisotopic (exact) mass is 492 g/mol. The third kappa shape index (κ3) is 7.49. The van der Waals surface area contributed by atoms with Gasteiger partial charge in [0.1, 0.15) is 30.4 Å². The lowest BCUT2D eigenvalue weighted by atomic mass is 10.1. The molecule has 0 amide bonds. The molecule has 0 unspecified atom stereocenters. The maximum absolute atomic E-state index is 12.4. The van der Waals surface area contributed by atoms with Crippen molar-refractivity contribution in [1.82, 2.24) is 5.16 Å². The summed E-state index contributed by atoms with van der Waals surface area (Å²) >= 11 is 0. The SMILES string of the molecule is CCCO/N=C/c1c(COc2cc(CC(=O)O)ccc2C)noc1-c1ccc(OC(F)(F)F)cc1. The summed E-state index contributed by atoms with van der Waals surface area (Å²) in [6.07, 6.45) is -2.80. The molecule has 0 saturated heterocycles. The highest BCUT2D eigenvalue weighted by atomic mass is 19.4. The summed E-state index contributed by atoms with van der Waals surface area (Å²) in [6.45, 7) is 4.10. The molecule has 0 fully saturated rings. The number of hydrogen-bond donors (Lipinski definition) is 1. The predicted molar refractivity (Wildman–Crippen MR) is 119 cm³/mol. The number of carboxylic acid groups (broad SMARTS) is 1. The van der Waals surface area contributed by atoms with Crippen molar-refractivity contribution in [2.75, 3.05) is 6.61 Å². The molecule has 8 nitrogen and oxygen atoms in total. The van der Waals surface area contributed by atoms with Gasteiger partial charge in [-0.05, 0) is 54.8 Å². The van der Waals surface area contributed by atoms with Gasteiger partial charge in [-0.15, -0.1) is 13.2 Å². The first-order valence-corrected chi connectivity index (χ1v) is 10.6. The second kappa shape index (κ2) is 11.4. The van der Waals surface area contributed by atoms with Crippen molar-refractivity contribution in [3.8, 4) is 22.8 Å². The average Bonchev–Trinajstić information content (AvgIpc) is 3.19. The molecule has 3 aromatic rings. The van der Waals surface area contributed by atoms with E-state index in [9.17, 15) is 18.0 Å². The van der Waals surface area contributed by atoms with E-state index >= 15 is 0 Å². The van der Waals surface area contributed by atoms with Gasteiger partial charge in [0.05, 0.1) is 18.2 Å². The van der Waals surface area contributed by atoms with Crippen LogP contribution in [0.15, 0.2) is 52.1 Å². The summed E-state index contributed by atoms with van der Waals surface area (Å²) in [5.41, 5.74) is 2.60. The highest BCUT2D eigenvalue weighted by molar-refractivity contribution is 5.89. The first kappa shape index (κ1) is 25.6. The Morgan fingerprint density at radius 2 is 1.94 bits per heavy atom. The number of alkyl halides is 3. The van der Waals surface area contributed by atoms with Crippen LogP contribution in [0, 0.1) is 6.92 Å². The molecule has 2 aromatic carbocycles. The number of carboxylic acids is 1. The van der Waals surface area contributed by atoms with Crippen LogP contribution in [0.4, 0.5) is 13.2 Å². The van der Waals surface area contributed by atoms with Crippen molar-refractivity contribution >= 4 is 12.2 Å². The Hall–Kier alpha value is -4.02. The maximum Gasteiger partial charge on any atom is 0.573 e. The Balaban J connectivity index is 1.86. The number of aliphatic carboxylic acids is 1. The van der Waals surface area contributed by atoms with E-state index in [0.717, 1.165) is 24.1 Å². The summed E-state index contributed by atoms with van der Waals surface area (Å²) in [7, 11) is 0. The number of rotatable bonds is 11. The molecule has 1 heterocycles. The number of carbonyl (C=O) groups is 1. The molecule has 11 heteroatoms. The van der Waals surface area contributed by atoms with E-state index in [1.807, 2.05) is 13.8 Å². The number of oxime groups is 1. The zero-order chi connectivity index (χ0) is 25.4. The third-order valence-corrected chi connectivity index (χ3v) is 4.68. The Kier molecular flexibility index (Phi) is 8.34. The summed E-state index contributed by atoms with van der Waals surface area (Å²) in [6, 6.07) is 10.2. The van der Waals surface area contributed by atoms with Crippen LogP contribution in [0.2, 0.25) is 0 Å². The van der Waals surface area contributed by atoms with E-state index in [2.05, 4.69) is 15.0 Å². The van der Waals surface area contributed by atoms with Crippen LogP contribution in [-0.4, -0.2) is 35.4 Å². The van der Waals surface area contributed by atoms with Crippen molar-refractivity contribution in [2.24, 2.45) is 5.16 Å². The minimum Gasteiger partial charge on any atom is -0.487 e. The van der Waals surface area contributed by atoms with Crippen LogP contribution in [0.1, 0.15) is 35.7 Å². The Labute approximate surface area is 198 Å². The topological polar surface area (TPSA) is 103 Å². The number of aromatic nitrogens is 1. The van der Waals surface area contributed by atoms with Gasteiger partial charge in [0.25, 0.3) is 0 Å². The van der Waals surface area contributed by atoms with Gasteiger partial charge in [0.15, 0.2) is 5.76 Å². The van der Waals surface area contributed by atoms with Crippen LogP contribution >= 0.6 is 0 Å². The van der Waals surface area contributed by atoms with Gasteiger partial charge in [0, 0.05) is 5.56 Å². The molecular formula is C24H23F3N2O6. The molecule has 0 aliphatic carbocycles. The predicted octanol–water partition coefficient (Wildman–Crippen LogP) is 5.52. The van der Waals surface area contributed by atoms with E-state index in [-0.39, 0.29) is 24.5 Å². The number of nitrogens with zero attached hydrogens (tertiary/aromatic N) is 2. The van der Waals surface area contributed by atoms with Gasteiger partial charge < -0.3 is 23.9 Å². The third-order valence-electron chi connectivity index (χ3n) is 4.68. The highest BCUT2D eigenvalue weighted by Gasteiger charge is 2.31. The Bertz CT molecular complexity index is 1170. The fraction of sp³-hybridized carbons (Fsp3) is 0.292. The lowest BCUT2D eigenvalue weighted by Crippen LogP contribution is -2.16. The minimum absolute atomic E-state index is 0.0364. The van der Waals surface area contributed by atoms with E-state index in [1.54, 1.807) is 18.2 Å². The highest BCUT2D eigenvalue weighted by Crippen LogP contribution is 2.30. The van der Waals surface area contributed by atoms with Gasteiger partial charge in [-0.2, -0.15) is 0 Å². The van der Waals surface area contributed by atoms with Gasteiger partial charge in [-0.25, -0.2) is 0 Å². The zero-order valence-electron chi connectivity index (χ0n) is 19.0. The zero-order valence-corrected chi connectivity index (χ0v) is 19.0. The molecule has 1 N–H and O–H groups in total. The van der Waals surface area contributed by atoms with Crippen molar-refractivity contribution in [3.05, 3.63) is 64.8 Å². The molecule has 0 aliphatic rings. The lowest BCUT2D eigenvalue weighted by molar-refractivity contribution is -0.274. The van der Waals surface area contributed by atoms with Crippen molar-refractivity contribution < 1.29 is 41.9 Å². The number of benzene rings is 2. The van der Waals surface area contributed by atoms with E-state index in [4.69, 9.17) is 19.2 Å². The summed E-state index contributed by atoms with van der Waals surface area (Å²) in [4.78, 5) is 16.2. The summed E-state index contributed by atoms with van der Waals surface area (Å²) in [5.74, 6) is -0.602. The molecule has 0 spiro atoms. The van der Waals surface area contributed by atoms with E-state index in [0.29, 0.717) is 34.7 Å². The molecule has 0 atom stereocenters. The van der Waals surface area contributed by atoms with Gasteiger partial charge in [-0.1, -0.05) is 29.4 Å². The quantitative estimate of drug-likeness (QED) is 0.214. The standard InChI is InChI=1S/C24H23F3N2O6/c1-3-10-33-28-13-19-20(14-32-21-11-16(12-22(30)31)5-4-15(21)2)29-35-23(19)17-6-8-18(9-7-17)34-24(25,26)27/h4-9,11,13H,3,10,12,14H2,1-2H3,(H,30,31)/b28-13+. The minimum atomic E-state index is -4.80. The van der Waals surface area contributed by atoms with Crippen molar-refractivity contribution in [2.45, 2.75) is 39.7 Å². The van der Waals surface area contributed by atoms with Crippen LogP contribution in [-0.2, 0) is 22.7 Å². The molecule has 1 aromatic heterocycles. The number of ether oxygens (including phenoxy) is 2. The molecule has 0 aliphatic heterocycles. The second-order valence-electron chi connectivity index (χ2n) is 7.47. The molecule has 0 radical (unpaired) electrons. The lowest BCUT2D eigenvalue weighted by Gasteiger charge is -2.10. The molecule has 35 heavy (non-hydrogen) atoms. The van der Waals surface area contributed by atoms with Gasteiger partial charge in [0.2, 0.25) is 0 Å². The molecule has 186 valence electrons. The largest absolute Gasteiger partial charge is 0.573 e. The summed E-state index contributed by atoms with van der Waals surface area (Å²) < 4.78 is 52.6. The number of hydrogen-bond acceptors (Lipinski definition) is 7. The Morgan fingerprint density at radius 1 is 1.20 bits per heavy atom. The first-order valence-electron chi connectivity index (χ1n) is 10.6. The molecule has 0 bridgehead atoms. The van der Waals surface area contributed by atoms with Crippen LogP contribution in [0.25, 0.3) is 11.3 Å². The second-order valence-corrected chi connectivity index (χ2v) is 7.47. The maximum atomic E-state index is 12.4. The smallest absolute Gasteiger partial charge is 0.487 e. The van der Waals surface area contributed by atoms with Crippen LogP contribution in [0.5, 0.6) is 11.5 Å². The van der Waals surface area contributed by atoms with E-state index in [1.165, 1.54) is 18.3 Å².